The second-order valence-electron chi connectivity index (χ2n) is 5.25. The molecule has 0 saturated heterocycles. The molecule has 0 aliphatic rings. The Bertz CT molecular complexity index is 633. The van der Waals surface area contributed by atoms with Crippen LogP contribution in [0, 0.1) is 0 Å². The van der Waals surface area contributed by atoms with E-state index in [9.17, 15) is 9.59 Å². The molecule has 0 fully saturated rings. The van der Waals surface area contributed by atoms with Crippen LogP contribution >= 0.6 is 0 Å². The van der Waals surface area contributed by atoms with Crippen LogP contribution in [0.5, 0.6) is 0 Å². The zero-order chi connectivity index (χ0) is 16.1. The summed E-state index contributed by atoms with van der Waals surface area (Å²) in [7, 11) is 0. The molecule has 116 valence electrons. The van der Waals surface area contributed by atoms with Gasteiger partial charge in [0, 0.05) is 36.2 Å². The second kappa shape index (κ2) is 6.89. The average Bonchev–Trinajstić information content (AvgIpc) is 3.01. The quantitative estimate of drug-likeness (QED) is 0.887. The summed E-state index contributed by atoms with van der Waals surface area (Å²) in [4.78, 5) is 28.8. The van der Waals surface area contributed by atoms with Crippen molar-refractivity contribution in [2.75, 3.05) is 6.54 Å². The summed E-state index contributed by atoms with van der Waals surface area (Å²) in [6.45, 7) is 3.95. The number of carbonyl (C=O) groups is 2. The molecule has 0 saturated carbocycles. The van der Waals surface area contributed by atoms with Crippen LogP contribution in [0.1, 0.15) is 30.6 Å². The monoisotopic (exact) mass is 301 g/mol. The van der Waals surface area contributed by atoms with Crippen molar-refractivity contribution in [2.45, 2.75) is 26.3 Å². The van der Waals surface area contributed by atoms with Crippen molar-refractivity contribution in [1.82, 2.24) is 14.5 Å². The summed E-state index contributed by atoms with van der Waals surface area (Å²) in [6.07, 6.45) is 5.14. The van der Waals surface area contributed by atoms with Gasteiger partial charge in [0.2, 0.25) is 0 Å². The van der Waals surface area contributed by atoms with E-state index in [0.717, 1.165) is 5.69 Å². The Morgan fingerprint density at radius 1 is 1.27 bits per heavy atom. The number of rotatable bonds is 6. The molecule has 2 rings (SSSR count). The van der Waals surface area contributed by atoms with E-state index in [-0.39, 0.29) is 24.9 Å². The summed E-state index contributed by atoms with van der Waals surface area (Å²) < 4.78 is 1.85. The van der Waals surface area contributed by atoms with Crippen LogP contribution in [0.15, 0.2) is 43.0 Å². The Morgan fingerprint density at radius 3 is 2.45 bits per heavy atom. The predicted molar refractivity (Wildman–Crippen MR) is 82.0 cm³/mol. The van der Waals surface area contributed by atoms with E-state index in [2.05, 4.69) is 4.98 Å². The fourth-order valence-corrected chi connectivity index (χ4v) is 2.16. The number of imidazole rings is 1. The summed E-state index contributed by atoms with van der Waals surface area (Å²) in [5.74, 6) is -1.07. The van der Waals surface area contributed by atoms with E-state index in [1.807, 2.05) is 36.7 Å². The van der Waals surface area contributed by atoms with Crippen LogP contribution in [0.2, 0.25) is 0 Å². The zero-order valence-electron chi connectivity index (χ0n) is 12.6. The Kier molecular flexibility index (Phi) is 4.93. The highest BCUT2D eigenvalue weighted by molar-refractivity contribution is 5.94. The number of hydrogen-bond acceptors (Lipinski definition) is 3. The van der Waals surface area contributed by atoms with Crippen LogP contribution < -0.4 is 0 Å². The first kappa shape index (κ1) is 15.8. The van der Waals surface area contributed by atoms with Gasteiger partial charge in [0.1, 0.15) is 0 Å². The number of aromatic nitrogens is 2. The fourth-order valence-electron chi connectivity index (χ4n) is 2.16. The number of carboxylic acid groups (broad SMARTS) is 1. The first-order valence-corrected chi connectivity index (χ1v) is 7.10. The molecule has 0 bridgehead atoms. The molecule has 6 heteroatoms. The maximum absolute atomic E-state index is 12.5. The third-order valence-electron chi connectivity index (χ3n) is 3.37. The minimum Gasteiger partial charge on any atom is -0.481 e. The van der Waals surface area contributed by atoms with Crippen LogP contribution in [0.3, 0.4) is 0 Å². The molecule has 1 heterocycles. The molecular weight excluding hydrogens is 282 g/mol. The molecule has 0 spiro atoms. The van der Waals surface area contributed by atoms with Crippen molar-refractivity contribution in [3.05, 3.63) is 48.5 Å². The molecule has 1 amide bonds. The van der Waals surface area contributed by atoms with Gasteiger partial charge in [0.05, 0.1) is 12.7 Å². The number of nitrogens with zero attached hydrogens (tertiary/aromatic N) is 3. The molecule has 0 aliphatic carbocycles. The standard InChI is InChI=1S/C16H19N3O3/c1-12(2)19(9-7-15(20)21)16(22)13-3-5-14(6-4-13)18-10-8-17-11-18/h3-6,8,10-12H,7,9H2,1-2H3,(H,20,21). The first-order valence-electron chi connectivity index (χ1n) is 7.10. The maximum atomic E-state index is 12.5. The van der Waals surface area contributed by atoms with Crippen LogP contribution in [-0.4, -0.2) is 44.0 Å². The number of carbonyl (C=O) groups excluding carboxylic acids is 1. The molecule has 22 heavy (non-hydrogen) atoms. The SMILES string of the molecule is CC(C)N(CCC(=O)O)C(=O)c1ccc(-n2ccnc2)cc1. The lowest BCUT2D eigenvalue weighted by Gasteiger charge is -2.26. The number of carboxylic acids is 1. The zero-order valence-corrected chi connectivity index (χ0v) is 12.6. The van der Waals surface area contributed by atoms with Crippen molar-refractivity contribution in [1.29, 1.82) is 0 Å². The van der Waals surface area contributed by atoms with Crippen LogP contribution in [0.25, 0.3) is 5.69 Å². The van der Waals surface area contributed by atoms with E-state index >= 15 is 0 Å². The number of hydrogen-bond donors (Lipinski definition) is 1. The first-order chi connectivity index (χ1) is 10.5. The summed E-state index contributed by atoms with van der Waals surface area (Å²) in [6, 6.07) is 7.11. The van der Waals surface area contributed by atoms with Gasteiger partial charge in [-0.15, -0.1) is 0 Å². The van der Waals surface area contributed by atoms with Gasteiger partial charge < -0.3 is 14.6 Å². The lowest BCUT2D eigenvalue weighted by molar-refractivity contribution is -0.137. The lowest BCUT2D eigenvalue weighted by atomic mass is 10.1. The average molecular weight is 301 g/mol. The third kappa shape index (κ3) is 3.72. The number of amides is 1. The van der Waals surface area contributed by atoms with Crippen molar-refractivity contribution in [3.8, 4) is 5.69 Å². The van der Waals surface area contributed by atoms with Crippen LogP contribution in [0.4, 0.5) is 0 Å². The fraction of sp³-hybridized carbons (Fsp3) is 0.312. The summed E-state index contributed by atoms with van der Waals surface area (Å²) in [5.41, 5.74) is 1.46. The minimum atomic E-state index is -0.908. The highest BCUT2D eigenvalue weighted by Gasteiger charge is 2.19. The third-order valence-corrected chi connectivity index (χ3v) is 3.37. The van der Waals surface area contributed by atoms with Gasteiger partial charge in [-0.25, -0.2) is 4.98 Å². The molecule has 0 unspecified atom stereocenters. The van der Waals surface area contributed by atoms with E-state index in [1.54, 1.807) is 29.6 Å². The molecule has 0 atom stereocenters. The van der Waals surface area contributed by atoms with Crippen molar-refractivity contribution in [2.24, 2.45) is 0 Å². The largest absolute Gasteiger partial charge is 0.481 e. The highest BCUT2D eigenvalue weighted by Crippen LogP contribution is 2.13. The molecule has 1 N–H and O–H groups in total. The minimum absolute atomic E-state index is 0.0554. The molecular formula is C16H19N3O3. The maximum Gasteiger partial charge on any atom is 0.305 e. The van der Waals surface area contributed by atoms with Gasteiger partial charge in [0.25, 0.3) is 5.91 Å². The highest BCUT2D eigenvalue weighted by atomic mass is 16.4. The van der Waals surface area contributed by atoms with E-state index < -0.39 is 5.97 Å². The number of aliphatic carboxylic acids is 1. The van der Waals surface area contributed by atoms with Gasteiger partial charge in [-0.1, -0.05) is 0 Å². The van der Waals surface area contributed by atoms with E-state index in [0.29, 0.717) is 5.56 Å². The van der Waals surface area contributed by atoms with Crippen molar-refractivity contribution < 1.29 is 14.7 Å². The normalized spacial score (nSPS) is 10.7. The summed E-state index contributed by atoms with van der Waals surface area (Å²) in [5, 5.41) is 8.79. The van der Waals surface area contributed by atoms with Gasteiger partial charge in [-0.3, -0.25) is 9.59 Å². The van der Waals surface area contributed by atoms with Gasteiger partial charge in [-0.2, -0.15) is 0 Å². The Morgan fingerprint density at radius 2 is 1.95 bits per heavy atom. The molecule has 2 aromatic rings. The Hall–Kier alpha value is -2.63. The predicted octanol–water partition coefficient (Wildman–Crippen LogP) is 2.20. The lowest BCUT2D eigenvalue weighted by Crippen LogP contribution is -2.38. The van der Waals surface area contributed by atoms with E-state index in [1.165, 1.54) is 0 Å². The molecule has 6 nitrogen and oxygen atoms in total. The molecule has 0 radical (unpaired) electrons. The van der Waals surface area contributed by atoms with Gasteiger partial charge >= 0.3 is 5.97 Å². The van der Waals surface area contributed by atoms with E-state index in [4.69, 9.17) is 5.11 Å². The number of benzene rings is 1. The summed E-state index contributed by atoms with van der Waals surface area (Å²) >= 11 is 0. The Labute approximate surface area is 129 Å². The van der Waals surface area contributed by atoms with Gasteiger partial charge in [0.15, 0.2) is 0 Å². The van der Waals surface area contributed by atoms with Crippen molar-refractivity contribution in [3.63, 3.8) is 0 Å². The molecule has 0 aliphatic heterocycles. The Balaban J connectivity index is 2.14. The van der Waals surface area contributed by atoms with Crippen LogP contribution in [-0.2, 0) is 4.79 Å². The molecule has 1 aromatic heterocycles. The van der Waals surface area contributed by atoms with Gasteiger partial charge in [-0.05, 0) is 38.1 Å². The second-order valence-corrected chi connectivity index (χ2v) is 5.25. The smallest absolute Gasteiger partial charge is 0.305 e. The van der Waals surface area contributed by atoms with Crippen molar-refractivity contribution >= 4 is 11.9 Å². The topological polar surface area (TPSA) is 75.4 Å². The molecule has 1 aromatic carbocycles.